The number of nitrogens with one attached hydrogen (secondary N) is 1. The number of anilines is 1. The summed E-state index contributed by atoms with van der Waals surface area (Å²) in [7, 11) is -3.74. The number of carbonyl (C=O) groups is 1. The number of fused-ring (bicyclic) bond motifs is 3. The number of aromatic nitrogens is 4. The van der Waals surface area contributed by atoms with E-state index in [2.05, 4.69) is 10.1 Å². The van der Waals surface area contributed by atoms with Crippen molar-refractivity contribution in [2.24, 2.45) is 0 Å². The Labute approximate surface area is 219 Å². The summed E-state index contributed by atoms with van der Waals surface area (Å²) in [6, 6.07) is 12.9. The third-order valence-electron chi connectivity index (χ3n) is 7.63. The predicted molar refractivity (Wildman–Crippen MR) is 140 cm³/mol. The summed E-state index contributed by atoms with van der Waals surface area (Å²) in [4.78, 5) is 23.3. The fourth-order valence-corrected chi connectivity index (χ4v) is 7.06. The van der Waals surface area contributed by atoms with Gasteiger partial charge in [-0.3, -0.25) is 10.2 Å². The first-order chi connectivity index (χ1) is 18.3. The molecule has 2 bridgehead atoms. The van der Waals surface area contributed by atoms with Crippen molar-refractivity contribution in [1.29, 1.82) is 0 Å². The zero-order valence-electron chi connectivity index (χ0n) is 20.7. The highest BCUT2D eigenvalue weighted by molar-refractivity contribution is 7.91. The van der Waals surface area contributed by atoms with Crippen LogP contribution in [0.2, 0.25) is 0 Å². The molecule has 11 nitrogen and oxygen atoms in total. The number of piperidine rings is 1. The molecule has 4 N–H and O–H groups in total. The molecule has 0 spiro atoms. The van der Waals surface area contributed by atoms with Crippen LogP contribution in [-0.4, -0.2) is 62.5 Å². The number of hydroxylamine groups is 1. The van der Waals surface area contributed by atoms with E-state index in [1.807, 2.05) is 42.5 Å². The lowest BCUT2D eigenvalue weighted by atomic mass is 9.88. The van der Waals surface area contributed by atoms with Crippen molar-refractivity contribution in [3.8, 4) is 22.4 Å². The van der Waals surface area contributed by atoms with Gasteiger partial charge in [-0.25, -0.2) is 23.7 Å². The minimum Gasteiger partial charge on any atom is -0.382 e. The van der Waals surface area contributed by atoms with E-state index < -0.39 is 15.9 Å². The average Bonchev–Trinajstić information content (AvgIpc) is 3.46. The third-order valence-corrected chi connectivity index (χ3v) is 8.79. The third kappa shape index (κ3) is 3.96. The average molecular weight is 534 g/mol. The Morgan fingerprint density at radius 2 is 1.76 bits per heavy atom. The lowest BCUT2D eigenvalue weighted by Gasteiger charge is -2.38. The van der Waals surface area contributed by atoms with Gasteiger partial charge in [0.25, 0.3) is 0 Å². The number of nitrogen functional groups attached to an aromatic ring is 1. The number of benzene rings is 1. The maximum absolute atomic E-state index is 12.9. The molecule has 0 unspecified atom stereocenters. The Morgan fingerprint density at radius 3 is 2.37 bits per heavy atom. The Morgan fingerprint density at radius 1 is 1.05 bits per heavy atom. The number of amides is 2. The van der Waals surface area contributed by atoms with E-state index in [-0.39, 0.29) is 28.7 Å². The summed E-state index contributed by atoms with van der Waals surface area (Å²) in [5.74, 6) is -0.218. The van der Waals surface area contributed by atoms with Crippen LogP contribution < -0.4 is 11.2 Å². The van der Waals surface area contributed by atoms with E-state index in [1.165, 1.54) is 4.52 Å². The summed E-state index contributed by atoms with van der Waals surface area (Å²) in [6.07, 6.45) is 7.07. The van der Waals surface area contributed by atoms with Crippen LogP contribution >= 0.6 is 0 Å². The molecule has 1 aromatic carbocycles. The van der Waals surface area contributed by atoms with Gasteiger partial charge in [0.1, 0.15) is 10.7 Å². The standard InChI is InChI=1S/C26H27N7O4S/c1-38(36,37)23-22(17-11-18-8-9-19(12-17)32(18)26(34)31-35)30-25-20(14-29-33(25)24(23)27)16-7-10-21(28-13-16)15-5-3-2-4-6-15/h2-7,10,13-14,17-19,35H,8-9,11-12,27H2,1H3,(H,31,34)/t17-,18+,19-. The number of hydrogen-bond acceptors (Lipinski definition) is 8. The Hall–Kier alpha value is -4.03. The largest absolute Gasteiger partial charge is 0.382 e. The van der Waals surface area contributed by atoms with Gasteiger partial charge >= 0.3 is 6.03 Å². The molecule has 6 rings (SSSR count). The minimum atomic E-state index is -3.74. The highest BCUT2D eigenvalue weighted by Crippen LogP contribution is 2.45. The SMILES string of the molecule is CS(=O)(=O)c1c([C@H]2C[C@H]3CC[C@@H](C2)N3C(=O)NO)nc2c(-c3ccc(-c4ccccc4)nc3)cnn2c1N. The number of nitrogens with two attached hydrogens (primary N) is 1. The summed E-state index contributed by atoms with van der Waals surface area (Å²) < 4.78 is 27.2. The lowest BCUT2D eigenvalue weighted by molar-refractivity contribution is 0.0929. The Kier molecular flexibility index (Phi) is 5.80. The van der Waals surface area contributed by atoms with Crippen LogP contribution in [-0.2, 0) is 9.84 Å². The number of pyridine rings is 1. The Balaban J connectivity index is 1.44. The molecule has 0 aliphatic carbocycles. The monoisotopic (exact) mass is 533 g/mol. The molecule has 2 aliphatic rings. The van der Waals surface area contributed by atoms with Gasteiger partial charge in [0.05, 0.1) is 17.6 Å². The van der Waals surface area contributed by atoms with Gasteiger partial charge in [-0.05, 0) is 31.7 Å². The fourth-order valence-electron chi connectivity index (χ4n) is 6.00. The second-order valence-corrected chi connectivity index (χ2v) is 11.9. The molecule has 2 amide bonds. The summed E-state index contributed by atoms with van der Waals surface area (Å²) in [6.45, 7) is 0. The smallest absolute Gasteiger partial charge is 0.341 e. The molecular weight excluding hydrogens is 506 g/mol. The van der Waals surface area contributed by atoms with Crippen LogP contribution in [0, 0.1) is 0 Å². The first-order valence-corrected chi connectivity index (χ1v) is 14.3. The number of nitrogens with zero attached hydrogens (tertiary/aromatic N) is 5. The van der Waals surface area contributed by atoms with Gasteiger partial charge in [-0.2, -0.15) is 9.61 Å². The molecule has 0 radical (unpaired) electrons. The van der Waals surface area contributed by atoms with Gasteiger partial charge in [0.15, 0.2) is 15.5 Å². The van der Waals surface area contributed by atoms with Crippen LogP contribution in [0.15, 0.2) is 59.8 Å². The summed E-state index contributed by atoms with van der Waals surface area (Å²) in [5, 5.41) is 13.5. The second kappa shape index (κ2) is 9.07. The van der Waals surface area contributed by atoms with Crippen molar-refractivity contribution in [3.05, 3.63) is 60.6 Å². The second-order valence-electron chi connectivity index (χ2n) is 9.95. The van der Waals surface area contributed by atoms with Crippen molar-refractivity contribution in [2.45, 2.75) is 48.6 Å². The quantitative estimate of drug-likeness (QED) is 0.267. The first kappa shape index (κ1) is 24.3. The molecule has 2 saturated heterocycles. The van der Waals surface area contributed by atoms with Gasteiger partial charge in [-0.1, -0.05) is 36.4 Å². The van der Waals surface area contributed by atoms with E-state index in [9.17, 15) is 18.4 Å². The molecule has 2 fully saturated rings. The molecule has 2 aliphatic heterocycles. The molecule has 3 aromatic heterocycles. The normalized spacial score (nSPS) is 21.1. The fraction of sp³-hybridized carbons (Fsp3) is 0.308. The van der Waals surface area contributed by atoms with Crippen molar-refractivity contribution in [1.82, 2.24) is 30.0 Å². The maximum atomic E-state index is 12.9. The lowest BCUT2D eigenvalue weighted by Crippen LogP contribution is -2.49. The highest BCUT2D eigenvalue weighted by atomic mass is 32.2. The molecule has 38 heavy (non-hydrogen) atoms. The van der Waals surface area contributed by atoms with Gasteiger partial charge in [-0.15, -0.1) is 0 Å². The number of carbonyl (C=O) groups excluding carboxylic acids is 1. The minimum absolute atomic E-state index is 0.00972. The van der Waals surface area contributed by atoms with Crippen molar-refractivity contribution in [2.75, 3.05) is 12.0 Å². The van der Waals surface area contributed by atoms with E-state index >= 15 is 0 Å². The highest BCUT2D eigenvalue weighted by Gasteiger charge is 2.45. The molecule has 196 valence electrons. The number of hydrogen-bond donors (Lipinski definition) is 3. The maximum Gasteiger partial charge on any atom is 0.341 e. The van der Waals surface area contributed by atoms with Gasteiger partial charge in [0.2, 0.25) is 0 Å². The zero-order chi connectivity index (χ0) is 26.6. The van der Waals surface area contributed by atoms with Crippen molar-refractivity contribution < 1.29 is 18.4 Å². The van der Waals surface area contributed by atoms with Crippen LogP contribution in [0.1, 0.15) is 37.3 Å². The number of sulfone groups is 1. The summed E-state index contributed by atoms with van der Waals surface area (Å²) in [5.41, 5.74) is 12.3. The van der Waals surface area contributed by atoms with E-state index in [0.717, 1.165) is 35.9 Å². The molecule has 0 saturated carbocycles. The van der Waals surface area contributed by atoms with Crippen LogP contribution in [0.3, 0.4) is 0 Å². The molecule has 3 atom stereocenters. The molecular formula is C26H27N7O4S. The topological polar surface area (TPSA) is 156 Å². The predicted octanol–water partition coefficient (Wildman–Crippen LogP) is 3.25. The van der Waals surface area contributed by atoms with Crippen LogP contribution in [0.4, 0.5) is 10.6 Å². The first-order valence-electron chi connectivity index (χ1n) is 12.4. The van der Waals surface area contributed by atoms with Gasteiger partial charge in [0, 0.05) is 47.1 Å². The van der Waals surface area contributed by atoms with E-state index in [4.69, 9.17) is 10.7 Å². The number of rotatable bonds is 4. The van der Waals surface area contributed by atoms with E-state index in [1.54, 1.807) is 22.8 Å². The van der Waals surface area contributed by atoms with Crippen molar-refractivity contribution in [3.63, 3.8) is 0 Å². The van der Waals surface area contributed by atoms with Crippen molar-refractivity contribution >= 4 is 27.3 Å². The Bertz CT molecular complexity index is 1620. The number of urea groups is 1. The molecule has 12 heteroatoms. The summed E-state index contributed by atoms with van der Waals surface area (Å²) >= 11 is 0. The van der Waals surface area contributed by atoms with Gasteiger partial charge < -0.3 is 10.6 Å². The molecule has 5 heterocycles. The zero-order valence-corrected chi connectivity index (χ0v) is 21.5. The van der Waals surface area contributed by atoms with Crippen LogP contribution in [0.5, 0.6) is 0 Å². The van der Waals surface area contributed by atoms with E-state index in [0.29, 0.717) is 29.7 Å². The van der Waals surface area contributed by atoms with Crippen LogP contribution in [0.25, 0.3) is 28.0 Å². The molecule has 4 aromatic rings.